The normalized spacial score (nSPS) is 7.43. The van der Waals surface area contributed by atoms with Gasteiger partial charge in [-0.15, -0.1) is 6.58 Å². The van der Waals surface area contributed by atoms with E-state index in [2.05, 4.69) is 6.58 Å². The quantitative estimate of drug-likeness (QED) is 0.489. The van der Waals surface area contributed by atoms with Crippen molar-refractivity contribution in [2.75, 3.05) is 0 Å². The number of hydrogen-bond donors (Lipinski definition) is 2. The summed E-state index contributed by atoms with van der Waals surface area (Å²) in [6, 6.07) is 0. The average molecular weight is 98.1 g/mol. The van der Waals surface area contributed by atoms with Gasteiger partial charge in [-0.1, -0.05) is 6.08 Å². The Kier molecular flexibility index (Phi) is 2.85. The highest BCUT2D eigenvalue weighted by Crippen LogP contribution is 1.80. The standard InChI is InChI=1S/C5H10N2/c1-2-3-4-5(6)7/h2,4H,1,3,6-7H2. The fourth-order valence-corrected chi connectivity index (χ4v) is 0.219. The van der Waals surface area contributed by atoms with Crippen molar-refractivity contribution in [3.05, 3.63) is 24.6 Å². The molecule has 0 aromatic rings. The van der Waals surface area contributed by atoms with E-state index in [0.29, 0.717) is 5.82 Å². The Labute approximate surface area is 43.5 Å². The van der Waals surface area contributed by atoms with Crippen LogP contribution < -0.4 is 11.5 Å². The number of allylic oxidation sites excluding steroid dienone is 2. The molecule has 2 heteroatoms. The largest absolute Gasteiger partial charge is 0.386 e. The van der Waals surface area contributed by atoms with E-state index in [1.807, 2.05) is 0 Å². The highest BCUT2D eigenvalue weighted by Gasteiger charge is 1.70. The monoisotopic (exact) mass is 98.1 g/mol. The zero-order chi connectivity index (χ0) is 5.70. The maximum atomic E-state index is 5.07. The van der Waals surface area contributed by atoms with E-state index in [-0.39, 0.29) is 0 Å². The highest BCUT2D eigenvalue weighted by molar-refractivity contribution is 4.93. The van der Waals surface area contributed by atoms with Gasteiger partial charge in [-0.2, -0.15) is 0 Å². The molecule has 0 atom stereocenters. The predicted molar refractivity (Wildman–Crippen MR) is 31.3 cm³/mol. The maximum absolute atomic E-state index is 5.07. The molecule has 40 valence electrons. The molecule has 4 N–H and O–H groups in total. The van der Waals surface area contributed by atoms with Crippen LogP contribution in [-0.2, 0) is 0 Å². The second-order valence-corrected chi connectivity index (χ2v) is 1.23. The second kappa shape index (κ2) is 3.28. The Morgan fingerprint density at radius 1 is 1.57 bits per heavy atom. The molecule has 0 aliphatic heterocycles. The Hall–Kier alpha value is -0.920. The molecule has 0 saturated carbocycles. The molecule has 0 bridgehead atoms. The van der Waals surface area contributed by atoms with E-state index in [1.54, 1.807) is 12.2 Å². The molecule has 2 nitrogen and oxygen atoms in total. The van der Waals surface area contributed by atoms with Crippen molar-refractivity contribution in [1.29, 1.82) is 0 Å². The SMILES string of the molecule is C=CCC=C(N)N. The zero-order valence-corrected chi connectivity index (χ0v) is 4.22. The molecule has 0 rings (SSSR count). The smallest absolute Gasteiger partial charge is 0.0895 e. The summed E-state index contributed by atoms with van der Waals surface area (Å²) in [5, 5.41) is 0. The van der Waals surface area contributed by atoms with E-state index in [9.17, 15) is 0 Å². The molecule has 0 radical (unpaired) electrons. The van der Waals surface area contributed by atoms with Crippen molar-refractivity contribution < 1.29 is 0 Å². The van der Waals surface area contributed by atoms with Crippen LogP contribution in [0.4, 0.5) is 0 Å². The Morgan fingerprint density at radius 2 is 2.14 bits per heavy atom. The molecule has 0 aliphatic carbocycles. The summed E-state index contributed by atoms with van der Waals surface area (Å²) in [7, 11) is 0. The van der Waals surface area contributed by atoms with Crippen LogP contribution in [0, 0.1) is 0 Å². The molecule has 7 heavy (non-hydrogen) atoms. The minimum absolute atomic E-state index is 0.361. The van der Waals surface area contributed by atoms with Crippen LogP contribution >= 0.6 is 0 Å². The van der Waals surface area contributed by atoms with Crippen molar-refractivity contribution in [3.8, 4) is 0 Å². The first-order chi connectivity index (χ1) is 3.27. The molecule has 0 fully saturated rings. The first-order valence-electron chi connectivity index (χ1n) is 2.09. The second-order valence-electron chi connectivity index (χ2n) is 1.23. The molecular weight excluding hydrogens is 88.1 g/mol. The molecule has 0 spiro atoms. The fraction of sp³-hybridized carbons (Fsp3) is 0.200. The Morgan fingerprint density at radius 3 is 2.29 bits per heavy atom. The lowest BCUT2D eigenvalue weighted by Gasteiger charge is -1.83. The topological polar surface area (TPSA) is 52.0 Å². The molecule has 0 saturated heterocycles. The van der Waals surface area contributed by atoms with Gasteiger partial charge in [0.1, 0.15) is 0 Å². The van der Waals surface area contributed by atoms with Crippen LogP contribution in [0.3, 0.4) is 0 Å². The molecule has 0 heterocycles. The lowest BCUT2D eigenvalue weighted by Crippen LogP contribution is -2.06. The average Bonchev–Trinajstić information content (AvgIpc) is 1.61. The summed E-state index contributed by atoms with van der Waals surface area (Å²) < 4.78 is 0. The van der Waals surface area contributed by atoms with Gasteiger partial charge in [0.15, 0.2) is 0 Å². The van der Waals surface area contributed by atoms with Gasteiger partial charge in [0, 0.05) is 0 Å². The third kappa shape index (κ3) is 5.08. The third-order valence-electron chi connectivity index (χ3n) is 0.520. The number of hydrogen-bond acceptors (Lipinski definition) is 2. The van der Waals surface area contributed by atoms with Crippen molar-refractivity contribution in [2.45, 2.75) is 6.42 Å². The van der Waals surface area contributed by atoms with Crippen molar-refractivity contribution >= 4 is 0 Å². The predicted octanol–water partition coefficient (Wildman–Crippen LogP) is 0.321. The van der Waals surface area contributed by atoms with Crippen molar-refractivity contribution in [1.82, 2.24) is 0 Å². The molecule has 0 aliphatic rings. The van der Waals surface area contributed by atoms with Crippen molar-refractivity contribution in [2.24, 2.45) is 11.5 Å². The van der Waals surface area contributed by atoms with Gasteiger partial charge in [0.2, 0.25) is 0 Å². The van der Waals surface area contributed by atoms with Gasteiger partial charge in [-0.3, -0.25) is 0 Å². The van der Waals surface area contributed by atoms with E-state index >= 15 is 0 Å². The van der Waals surface area contributed by atoms with Crippen LogP contribution in [0.5, 0.6) is 0 Å². The number of rotatable bonds is 2. The van der Waals surface area contributed by atoms with Gasteiger partial charge in [-0.05, 0) is 12.5 Å². The van der Waals surface area contributed by atoms with Gasteiger partial charge in [0.05, 0.1) is 5.82 Å². The first-order valence-corrected chi connectivity index (χ1v) is 2.09. The maximum Gasteiger partial charge on any atom is 0.0895 e. The van der Waals surface area contributed by atoms with Crippen molar-refractivity contribution in [3.63, 3.8) is 0 Å². The number of nitrogens with two attached hydrogens (primary N) is 2. The van der Waals surface area contributed by atoms with Crippen LogP contribution in [-0.4, -0.2) is 0 Å². The van der Waals surface area contributed by atoms with E-state index < -0.39 is 0 Å². The summed E-state index contributed by atoms with van der Waals surface area (Å²) >= 11 is 0. The minimum Gasteiger partial charge on any atom is -0.386 e. The third-order valence-corrected chi connectivity index (χ3v) is 0.520. The Bertz CT molecular complexity index is 80.1. The lowest BCUT2D eigenvalue weighted by atomic mass is 10.4. The summed E-state index contributed by atoms with van der Waals surface area (Å²) in [6.07, 6.45) is 4.19. The first kappa shape index (κ1) is 6.08. The Balaban J connectivity index is 3.25. The molecule has 0 aromatic carbocycles. The molecule has 0 amide bonds. The van der Waals surface area contributed by atoms with Crippen LogP contribution in [0.15, 0.2) is 24.6 Å². The summed E-state index contributed by atoms with van der Waals surface area (Å²) in [6.45, 7) is 3.48. The molecule has 0 aromatic heterocycles. The van der Waals surface area contributed by atoms with Crippen LogP contribution in [0.1, 0.15) is 6.42 Å². The van der Waals surface area contributed by atoms with E-state index in [1.165, 1.54) is 0 Å². The van der Waals surface area contributed by atoms with E-state index in [0.717, 1.165) is 6.42 Å². The van der Waals surface area contributed by atoms with Crippen LogP contribution in [0.2, 0.25) is 0 Å². The van der Waals surface area contributed by atoms with Gasteiger partial charge in [-0.25, -0.2) is 0 Å². The highest BCUT2D eigenvalue weighted by atomic mass is 14.8. The molecular formula is C5H10N2. The van der Waals surface area contributed by atoms with Crippen LogP contribution in [0.25, 0.3) is 0 Å². The van der Waals surface area contributed by atoms with Gasteiger partial charge < -0.3 is 11.5 Å². The fourth-order valence-electron chi connectivity index (χ4n) is 0.219. The van der Waals surface area contributed by atoms with Gasteiger partial charge in [0.25, 0.3) is 0 Å². The van der Waals surface area contributed by atoms with Gasteiger partial charge >= 0.3 is 0 Å². The summed E-state index contributed by atoms with van der Waals surface area (Å²) in [5.74, 6) is 0.361. The molecule has 0 unspecified atom stereocenters. The lowest BCUT2D eigenvalue weighted by molar-refractivity contribution is 1.19. The minimum atomic E-state index is 0.361. The zero-order valence-electron chi connectivity index (χ0n) is 4.22. The summed E-state index contributed by atoms with van der Waals surface area (Å²) in [4.78, 5) is 0. The summed E-state index contributed by atoms with van der Waals surface area (Å²) in [5.41, 5.74) is 10.1. The van der Waals surface area contributed by atoms with E-state index in [4.69, 9.17) is 11.5 Å².